The second-order valence-electron chi connectivity index (χ2n) is 14.5. The molecule has 4 heterocycles. The van der Waals surface area contributed by atoms with Crippen molar-refractivity contribution in [3.05, 3.63) is 170 Å². The van der Waals surface area contributed by atoms with Gasteiger partial charge in [0, 0.05) is 48.7 Å². The molecule has 0 radical (unpaired) electrons. The predicted octanol–water partition coefficient (Wildman–Crippen LogP) is 13.0. The Balaban J connectivity index is 1.27. The summed E-state index contributed by atoms with van der Waals surface area (Å²) in [6.07, 6.45) is 0. The minimum absolute atomic E-state index is 0.716. The van der Waals surface area contributed by atoms with Gasteiger partial charge in [0.2, 0.25) is 0 Å². The van der Waals surface area contributed by atoms with Crippen molar-refractivity contribution in [1.82, 2.24) is 18.9 Å². The maximum atomic E-state index is 5.67. The zero-order valence-electron chi connectivity index (χ0n) is 29.0. The van der Waals surface area contributed by atoms with Gasteiger partial charge < -0.3 is 4.40 Å². The van der Waals surface area contributed by atoms with Crippen LogP contribution in [0.2, 0.25) is 0 Å². The minimum Gasteiger partial charge on any atom is -0.308 e. The van der Waals surface area contributed by atoms with Crippen LogP contribution in [0.1, 0.15) is 0 Å². The molecular weight excluding hydrogens is 657 g/mol. The molecule has 248 valence electrons. The molecule has 13 aromatic rings. The summed E-state index contributed by atoms with van der Waals surface area (Å²) < 4.78 is 4.93. The van der Waals surface area contributed by atoms with Gasteiger partial charge in [0.15, 0.2) is 5.82 Å². The first-order chi connectivity index (χ1) is 26.8. The number of para-hydroxylation sites is 3. The van der Waals surface area contributed by atoms with E-state index >= 15 is 0 Å². The van der Waals surface area contributed by atoms with Crippen LogP contribution in [-0.4, -0.2) is 18.9 Å². The third-order valence-electron chi connectivity index (χ3n) is 11.8. The summed E-state index contributed by atoms with van der Waals surface area (Å²) in [6, 6.07) is 61.5. The lowest BCUT2D eigenvalue weighted by atomic mass is 9.97. The number of aromatic nitrogens is 4. The Labute approximate surface area is 308 Å². The van der Waals surface area contributed by atoms with Crippen LogP contribution < -0.4 is 0 Å². The van der Waals surface area contributed by atoms with E-state index in [-0.39, 0.29) is 0 Å². The standard InChI is InChI=1S/C50H28N4/c1-4-16-32-29(13-1)25-26-38-45-44(28-39-35-19-8-11-23-42(35)53-43-24-12-9-21-37(43)46(45)48(39)53)54(47(32)38)50-36-20-7-10-22-41(36)51-49(52-50)40-27-30-14-2-3-15-31(30)33-17-5-6-18-34(33)40/h1-28H. The Bertz CT molecular complexity index is 3740. The summed E-state index contributed by atoms with van der Waals surface area (Å²) in [7, 11) is 0. The molecule has 4 nitrogen and oxygen atoms in total. The average Bonchev–Trinajstić information content (AvgIpc) is 3.88. The maximum absolute atomic E-state index is 5.67. The topological polar surface area (TPSA) is 35.1 Å². The molecule has 0 bridgehead atoms. The van der Waals surface area contributed by atoms with Gasteiger partial charge in [-0.1, -0.05) is 133 Å². The molecule has 54 heavy (non-hydrogen) atoms. The summed E-state index contributed by atoms with van der Waals surface area (Å²) in [5, 5.41) is 15.7. The highest BCUT2D eigenvalue weighted by Gasteiger charge is 2.26. The van der Waals surface area contributed by atoms with Crippen LogP contribution >= 0.6 is 0 Å². The van der Waals surface area contributed by atoms with Crippen LogP contribution in [0.4, 0.5) is 0 Å². The van der Waals surface area contributed by atoms with E-state index in [1.807, 2.05) is 0 Å². The van der Waals surface area contributed by atoms with E-state index in [9.17, 15) is 0 Å². The predicted molar refractivity (Wildman–Crippen MR) is 226 cm³/mol. The zero-order chi connectivity index (χ0) is 35.1. The number of hydrogen-bond donors (Lipinski definition) is 0. The van der Waals surface area contributed by atoms with E-state index in [1.54, 1.807) is 0 Å². The molecule has 0 aliphatic carbocycles. The van der Waals surface area contributed by atoms with Crippen molar-refractivity contribution in [3.8, 4) is 17.2 Å². The average molecular weight is 685 g/mol. The van der Waals surface area contributed by atoms with Crippen LogP contribution in [0.5, 0.6) is 0 Å². The summed E-state index contributed by atoms with van der Waals surface area (Å²) >= 11 is 0. The van der Waals surface area contributed by atoms with Gasteiger partial charge in [-0.3, -0.25) is 4.57 Å². The molecule has 0 saturated carbocycles. The van der Waals surface area contributed by atoms with Crippen LogP contribution in [0.15, 0.2) is 170 Å². The molecule has 0 spiro atoms. The number of hydrogen-bond acceptors (Lipinski definition) is 2. The smallest absolute Gasteiger partial charge is 0.162 e. The van der Waals surface area contributed by atoms with E-state index in [1.165, 1.54) is 75.8 Å². The maximum Gasteiger partial charge on any atom is 0.162 e. The molecule has 9 aromatic carbocycles. The lowest BCUT2D eigenvalue weighted by molar-refractivity contribution is 1.08. The zero-order valence-corrected chi connectivity index (χ0v) is 29.0. The van der Waals surface area contributed by atoms with Gasteiger partial charge in [0.05, 0.1) is 33.1 Å². The fraction of sp³-hybridized carbons (Fsp3) is 0. The highest BCUT2D eigenvalue weighted by molar-refractivity contribution is 6.37. The molecule has 0 saturated heterocycles. The second-order valence-corrected chi connectivity index (χ2v) is 14.5. The summed E-state index contributed by atoms with van der Waals surface area (Å²) in [6.45, 7) is 0. The molecule has 0 atom stereocenters. The van der Waals surface area contributed by atoms with Crippen molar-refractivity contribution >= 4 is 103 Å². The lowest BCUT2D eigenvalue weighted by Crippen LogP contribution is -2.03. The van der Waals surface area contributed by atoms with Crippen molar-refractivity contribution < 1.29 is 0 Å². The Kier molecular flexibility index (Phi) is 5.34. The van der Waals surface area contributed by atoms with Crippen LogP contribution in [0.25, 0.3) is 120 Å². The van der Waals surface area contributed by atoms with Crippen molar-refractivity contribution in [3.63, 3.8) is 0 Å². The molecule has 0 aliphatic heterocycles. The fourth-order valence-electron chi connectivity index (χ4n) is 9.58. The molecule has 0 fully saturated rings. The summed E-state index contributed by atoms with van der Waals surface area (Å²) in [5.74, 6) is 1.60. The second kappa shape index (κ2) is 10.2. The molecule has 4 aromatic heterocycles. The summed E-state index contributed by atoms with van der Waals surface area (Å²) in [4.78, 5) is 11.0. The molecule has 0 amide bonds. The summed E-state index contributed by atoms with van der Waals surface area (Å²) in [5.41, 5.74) is 7.97. The van der Waals surface area contributed by atoms with Gasteiger partial charge in [0.25, 0.3) is 0 Å². The number of nitrogens with zero attached hydrogens (tertiary/aromatic N) is 4. The first kappa shape index (κ1) is 28.3. The van der Waals surface area contributed by atoms with Gasteiger partial charge >= 0.3 is 0 Å². The first-order valence-electron chi connectivity index (χ1n) is 18.5. The van der Waals surface area contributed by atoms with Crippen molar-refractivity contribution in [1.29, 1.82) is 0 Å². The fourth-order valence-corrected chi connectivity index (χ4v) is 9.58. The van der Waals surface area contributed by atoms with Gasteiger partial charge in [-0.05, 0) is 63.3 Å². The first-order valence-corrected chi connectivity index (χ1v) is 18.5. The molecular formula is C50H28N4. The normalized spacial score (nSPS) is 12.4. The monoisotopic (exact) mass is 684 g/mol. The molecule has 13 rings (SSSR count). The number of benzene rings is 9. The number of fused-ring (bicyclic) bond motifs is 16. The Morgan fingerprint density at radius 3 is 1.81 bits per heavy atom. The van der Waals surface area contributed by atoms with Crippen LogP contribution in [0.3, 0.4) is 0 Å². The Morgan fingerprint density at radius 1 is 0.352 bits per heavy atom. The van der Waals surface area contributed by atoms with Crippen LogP contribution in [-0.2, 0) is 0 Å². The lowest BCUT2D eigenvalue weighted by Gasteiger charge is -2.15. The molecule has 0 aliphatic rings. The van der Waals surface area contributed by atoms with E-state index in [0.717, 1.165) is 38.7 Å². The van der Waals surface area contributed by atoms with Crippen molar-refractivity contribution in [2.45, 2.75) is 0 Å². The van der Waals surface area contributed by atoms with Gasteiger partial charge in [-0.15, -0.1) is 0 Å². The Hall–Kier alpha value is -7.30. The molecule has 0 unspecified atom stereocenters. The minimum atomic E-state index is 0.716. The highest BCUT2D eigenvalue weighted by atomic mass is 15.1. The highest BCUT2D eigenvalue weighted by Crippen LogP contribution is 2.48. The van der Waals surface area contributed by atoms with Crippen molar-refractivity contribution in [2.24, 2.45) is 0 Å². The SMILES string of the molecule is c1ccc2c(c1)cc(-c1nc(-n3c4cc5c6ccccc6n6c7ccccc7c(c4c4ccc7ccccc7c43)c56)c3ccccc3n1)c1ccccc12. The largest absolute Gasteiger partial charge is 0.308 e. The number of rotatable bonds is 2. The van der Waals surface area contributed by atoms with Gasteiger partial charge in [-0.2, -0.15) is 0 Å². The van der Waals surface area contributed by atoms with E-state index in [2.05, 4.69) is 179 Å². The van der Waals surface area contributed by atoms with Crippen molar-refractivity contribution in [2.75, 3.05) is 0 Å². The van der Waals surface area contributed by atoms with Gasteiger partial charge in [0.1, 0.15) is 5.82 Å². The third-order valence-corrected chi connectivity index (χ3v) is 11.8. The van der Waals surface area contributed by atoms with E-state index in [4.69, 9.17) is 9.97 Å². The quantitative estimate of drug-likeness (QED) is 0.170. The molecule has 0 N–H and O–H groups in total. The third kappa shape index (κ3) is 3.52. The molecule has 4 heteroatoms. The Morgan fingerprint density at radius 2 is 0.981 bits per heavy atom. The van der Waals surface area contributed by atoms with Gasteiger partial charge in [-0.25, -0.2) is 9.97 Å². The van der Waals surface area contributed by atoms with Crippen LogP contribution in [0, 0.1) is 0 Å². The van der Waals surface area contributed by atoms with E-state index in [0.29, 0.717) is 5.82 Å². The van der Waals surface area contributed by atoms with E-state index < -0.39 is 0 Å².